The highest BCUT2D eigenvalue weighted by Gasteiger charge is 2.15. The van der Waals surface area contributed by atoms with Crippen molar-refractivity contribution in [3.63, 3.8) is 0 Å². The van der Waals surface area contributed by atoms with E-state index in [2.05, 4.69) is 20.7 Å². The molecule has 2 aromatic carbocycles. The van der Waals surface area contributed by atoms with Crippen LogP contribution in [0.4, 0.5) is 10.1 Å². The van der Waals surface area contributed by atoms with E-state index in [-0.39, 0.29) is 6.54 Å². The smallest absolute Gasteiger partial charge is 0.313 e. The van der Waals surface area contributed by atoms with E-state index >= 15 is 0 Å². The fourth-order valence-corrected chi connectivity index (χ4v) is 3.80. The van der Waals surface area contributed by atoms with Crippen molar-refractivity contribution in [3.05, 3.63) is 71.0 Å². The quantitative estimate of drug-likeness (QED) is 0.483. The summed E-state index contributed by atoms with van der Waals surface area (Å²) in [4.78, 5) is 29.3. The summed E-state index contributed by atoms with van der Waals surface area (Å²) in [6, 6.07) is 13.1. The normalized spacial score (nSPS) is 10.9. The Bertz CT molecular complexity index is 1220. The molecule has 0 spiro atoms. The van der Waals surface area contributed by atoms with Crippen LogP contribution >= 0.6 is 11.3 Å². The first kappa shape index (κ1) is 19.7. The predicted octanol–water partition coefficient (Wildman–Crippen LogP) is 3.20. The van der Waals surface area contributed by atoms with E-state index in [1.54, 1.807) is 4.52 Å². The van der Waals surface area contributed by atoms with Gasteiger partial charge in [0.25, 0.3) is 0 Å². The number of thiazole rings is 1. The number of carbonyl (C=O) groups is 2. The molecule has 0 radical (unpaired) electrons. The molecule has 2 amide bonds. The topological polar surface area (TPSA) is 88.4 Å². The summed E-state index contributed by atoms with van der Waals surface area (Å²) in [5, 5.41) is 11.5. The highest BCUT2D eigenvalue weighted by molar-refractivity contribution is 7.15. The van der Waals surface area contributed by atoms with Crippen molar-refractivity contribution in [2.75, 3.05) is 11.9 Å². The maximum Gasteiger partial charge on any atom is 0.313 e. The van der Waals surface area contributed by atoms with Crippen LogP contribution in [0.2, 0.25) is 0 Å². The highest BCUT2D eigenvalue weighted by atomic mass is 32.1. The van der Waals surface area contributed by atoms with E-state index in [0.717, 1.165) is 21.8 Å². The number of nitrogens with one attached hydrogen (secondary N) is 2. The summed E-state index contributed by atoms with van der Waals surface area (Å²) in [5.74, 6) is -1.33. The van der Waals surface area contributed by atoms with Crippen molar-refractivity contribution in [1.82, 2.24) is 19.9 Å². The number of benzene rings is 2. The molecule has 0 aliphatic carbocycles. The number of halogens is 1. The van der Waals surface area contributed by atoms with Crippen LogP contribution in [0.25, 0.3) is 16.3 Å². The van der Waals surface area contributed by atoms with Gasteiger partial charge in [0.15, 0.2) is 5.82 Å². The Hall–Kier alpha value is -3.59. The largest absolute Gasteiger partial charge is 0.347 e. The van der Waals surface area contributed by atoms with Crippen LogP contribution in [-0.2, 0) is 16.0 Å². The molecule has 2 heterocycles. The minimum Gasteiger partial charge on any atom is -0.347 e. The number of anilines is 1. The van der Waals surface area contributed by atoms with Crippen LogP contribution in [-0.4, -0.2) is 33.0 Å². The van der Waals surface area contributed by atoms with Crippen molar-refractivity contribution in [1.29, 1.82) is 0 Å². The Morgan fingerprint density at radius 2 is 1.87 bits per heavy atom. The van der Waals surface area contributed by atoms with Crippen molar-refractivity contribution >= 4 is 33.8 Å². The maximum absolute atomic E-state index is 12.9. The lowest BCUT2D eigenvalue weighted by molar-refractivity contribution is -0.136. The number of hydrogen-bond donors (Lipinski definition) is 2. The van der Waals surface area contributed by atoms with E-state index in [1.165, 1.54) is 35.6 Å². The molecule has 0 aliphatic rings. The van der Waals surface area contributed by atoms with Gasteiger partial charge in [0.1, 0.15) is 5.82 Å². The first-order valence-corrected chi connectivity index (χ1v) is 10.1. The fraction of sp³-hybridized carbons (Fsp3) is 0.143. The number of nitrogens with zero attached hydrogens (tertiary/aromatic N) is 3. The van der Waals surface area contributed by atoms with E-state index < -0.39 is 17.6 Å². The van der Waals surface area contributed by atoms with Gasteiger partial charge < -0.3 is 10.6 Å². The van der Waals surface area contributed by atoms with Gasteiger partial charge in [-0.1, -0.05) is 24.3 Å². The van der Waals surface area contributed by atoms with Gasteiger partial charge in [0.05, 0.1) is 5.69 Å². The summed E-state index contributed by atoms with van der Waals surface area (Å²) < 4.78 is 14.7. The molecule has 30 heavy (non-hydrogen) atoms. The molecule has 0 aliphatic heterocycles. The fourth-order valence-electron chi connectivity index (χ4n) is 2.94. The van der Waals surface area contributed by atoms with Gasteiger partial charge in [0, 0.05) is 29.6 Å². The molecule has 0 atom stereocenters. The number of hydrogen-bond acceptors (Lipinski definition) is 5. The molecule has 4 aromatic rings. The molecule has 0 saturated heterocycles. The molecule has 0 bridgehead atoms. The molecule has 0 unspecified atom stereocenters. The summed E-state index contributed by atoms with van der Waals surface area (Å²) in [7, 11) is 0. The number of fused-ring (bicyclic) bond motifs is 1. The molecule has 0 saturated carbocycles. The van der Waals surface area contributed by atoms with Crippen LogP contribution in [0.15, 0.2) is 53.9 Å². The van der Waals surface area contributed by atoms with Crippen molar-refractivity contribution < 1.29 is 14.0 Å². The number of rotatable bonds is 5. The van der Waals surface area contributed by atoms with E-state index in [1.807, 2.05) is 36.6 Å². The first-order chi connectivity index (χ1) is 14.5. The number of aryl methyl sites for hydroxylation is 1. The highest BCUT2D eigenvalue weighted by Crippen LogP contribution is 2.23. The molecule has 4 rings (SSSR count). The molecule has 9 heteroatoms. The van der Waals surface area contributed by atoms with Crippen LogP contribution in [0.3, 0.4) is 0 Å². The van der Waals surface area contributed by atoms with Gasteiger partial charge in [0.2, 0.25) is 4.96 Å². The monoisotopic (exact) mass is 423 g/mol. The average Bonchev–Trinajstić information content (AvgIpc) is 3.31. The lowest BCUT2D eigenvalue weighted by atomic mass is 10.1. The number of carbonyl (C=O) groups excluding carboxylic acids is 2. The molecule has 0 fully saturated rings. The Balaban J connectivity index is 1.37. The van der Waals surface area contributed by atoms with Crippen molar-refractivity contribution in [2.24, 2.45) is 0 Å². The third kappa shape index (κ3) is 4.20. The second-order valence-corrected chi connectivity index (χ2v) is 7.48. The van der Waals surface area contributed by atoms with Gasteiger partial charge in [-0.15, -0.1) is 16.4 Å². The van der Waals surface area contributed by atoms with Gasteiger partial charge in [-0.3, -0.25) is 9.59 Å². The lowest BCUT2D eigenvalue weighted by Gasteiger charge is -2.06. The van der Waals surface area contributed by atoms with Crippen LogP contribution in [0.1, 0.15) is 11.3 Å². The molecule has 2 aromatic heterocycles. The summed E-state index contributed by atoms with van der Waals surface area (Å²) in [5.41, 5.74) is 3.31. The maximum atomic E-state index is 12.9. The summed E-state index contributed by atoms with van der Waals surface area (Å²) in [6.07, 6.45) is 0.492. The minimum atomic E-state index is -0.806. The zero-order valence-corrected chi connectivity index (χ0v) is 16.9. The van der Waals surface area contributed by atoms with Crippen molar-refractivity contribution in [3.8, 4) is 11.4 Å². The molecule has 2 N–H and O–H groups in total. The summed E-state index contributed by atoms with van der Waals surface area (Å²) >= 11 is 1.47. The zero-order valence-electron chi connectivity index (χ0n) is 16.1. The van der Waals surface area contributed by atoms with Crippen LogP contribution in [0.5, 0.6) is 0 Å². The SMILES string of the molecule is Cc1ccccc1-c1nc2scc(CCNC(=O)C(=O)Nc3ccc(F)cc3)n2n1. The average molecular weight is 423 g/mol. The predicted molar refractivity (Wildman–Crippen MR) is 113 cm³/mol. The van der Waals surface area contributed by atoms with E-state index in [4.69, 9.17) is 0 Å². The van der Waals surface area contributed by atoms with E-state index in [0.29, 0.717) is 17.9 Å². The molecule has 152 valence electrons. The first-order valence-electron chi connectivity index (χ1n) is 9.25. The Labute approximate surface area is 175 Å². The second kappa shape index (κ2) is 8.42. The van der Waals surface area contributed by atoms with E-state index in [9.17, 15) is 14.0 Å². The molecular weight excluding hydrogens is 405 g/mol. The number of aromatic nitrogens is 3. The number of amides is 2. The van der Waals surface area contributed by atoms with Crippen LogP contribution in [0, 0.1) is 12.7 Å². The second-order valence-electron chi connectivity index (χ2n) is 6.64. The van der Waals surface area contributed by atoms with Gasteiger partial charge >= 0.3 is 11.8 Å². The third-order valence-electron chi connectivity index (χ3n) is 4.51. The third-order valence-corrected chi connectivity index (χ3v) is 5.38. The van der Waals surface area contributed by atoms with Crippen LogP contribution < -0.4 is 10.6 Å². The van der Waals surface area contributed by atoms with Gasteiger partial charge in [-0.05, 0) is 36.8 Å². The minimum absolute atomic E-state index is 0.265. The molecule has 7 nitrogen and oxygen atoms in total. The summed E-state index contributed by atoms with van der Waals surface area (Å²) in [6.45, 7) is 2.28. The van der Waals surface area contributed by atoms with Gasteiger partial charge in [-0.2, -0.15) is 4.98 Å². The standard InChI is InChI=1S/C21H18FN5O2S/c1-13-4-2-3-5-17(13)18-25-21-27(26-18)16(12-30-21)10-11-23-19(28)20(29)24-15-8-6-14(22)7-9-15/h2-9,12H,10-11H2,1H3,(H,23,28)(H,24,29). The zero-order chi connectivity index (χ0) is 21.1. The van der Waals surface area contributed by atoms with Gasteiger partial charge in [-0.25, -0.2) is 8.91 Å². The van der Waals surface area contributed by atoms with Crippen molar-refractivity contribution in [2.45, 2.75) is 13.3 Å². The Morgan fingerprint density at radius 3 is 2.63 bits per heavy atom. The Morgan fingerprint density at radius 1 is 1.10 bits per heavy atom. The lowest BCUT2D eigenvalue weighted by Crippen LogP contribution is -2.36. The Kier molecular flexibility index (Phi) is 5.53. The molecular formula is C21H18FN5O2S.